The van der Waals surface area contributed by atoms with E-state index < -0.39 is 0 Å². The molecule has 1 heterocycles. The van der Waals surface area contributed by atoms with Gasteiger partial charge in [0.25, 0.3) is 0 Å². The Balaban J connectivity index is 2.65. The third-order valence-electron chi connectivity index (χ3n) is 2.49. The van der Waals surface area contributed by atoms with Gasteiger partial charge in [-0.3, -0.25) is 4.79 Å². The molecule has 0 aliphatic carbocycles. The molecule has 1 aliphatic heterocycles. The Kier molecular flexibility index (Phi) is 3.48. The Labute approximate surface area is 79.2 Å². The average molecular weight is 183 g/mol. The quantitative estimate of drug-likeness (QED) is 0.524. The van der Waals surface area contributed by atoms with Crippen LogP contribution < -0.4 is 5.32 Å². The molecule has 1 fully saturated rings. The first kappa shape index (κ1) is 10.3. The number of esters is 1. The highest BCUT2D eigenvalue weighted by molar-refractivity contribution is 5.77. The molecule has 0 radical (unpaired) electrons. The summed E-state index contributed by atoms with van der Waals surface area (Å²) in [6.45, 7) is 7.58. The summed E-state index contributed by atoms with van der Waals surface area (Å²) < 4.78 is 5.06. The van der Waals surface area contributed by atoms with Crippen molar-refractivity contribution in [2.24, 2.45) is 5.41 Å². The van der Waals surface area contributed by atoms with Crippen LogP contribution in [0, 0.1) is 5.41 Å². The average Bonchev–Trinajstić information content (AvgIpc) is 2.55. The zero-order chi connectivity index (χ0) is 9.73. The molecule has 0 amide bonds. The van der Waals surface area contributed by atoms with Gasteiger partial charge in [0.2, 0.25) is 0 Å². The van der Waals surface area contributed by atoms with E-state index in [1.165, 1.54) is 0 Å². The Morgan fingerprint density at radius 2 is 2.54 bits per heavy atom. The van der Waals surface area contributed by atoms with Crippen LogP contribution in [0.5, 0.6) is 0 Å². The Hall–Kier alpha value is -0.830. The van der Waals surface area contributed by atoms with Gasteiger partial charge in [0.05, 0.1) is 12.0 Å². The SMILES string of the molecule is C=CCC1(C(=O)OCC)CCNC1. The number of carbonyl (C=O) groups is 1. The Morgan fingerprint density at radius 3 is 3.00 bits per heavy atom. The van der Waals surface area contributed by atoms with Crippen molar-refractivity contribution in [3.8, 4) is 0 Å². The minimum atomic E-state index is -0.336. The zero-order valence-electron chi connectivity index (χ0n) is 8.14. The molecule has 1 rings (SSSR count). The highest BCUT2D eigenvalue weighted by Gasteiger charge is 2.41. The first-order chi connectivity index (χ1) is 6.25. The van der Waals surface area contributed by atoms with E-state index in [2.05, 4.69) is 11.9 Å². The molecule has 1 saturated heterocycles. The van der Waals surface area contributed by atoms with Gasteiger partial charge in [-0.15, -0.1) is 6.58 Å². The molecule has 1 N–H and O–H groups in total. The van der Waals surface area contributed by atoms with Crippen LogP contribution in [0.15, 0.2) is 12.7 Å². The van der Waals surface area contributed by atoms with Crippen LogP contribution in [-0.4, -0.2) is 25.7 Å². The summed E-state index contributed by atoms with van der Waals surface area (Å²) in [6, 6.07) is 0. The number of carbonyl (C=O) groups excluding carboxylic acids is 1. The van der Waals surface area contributed by atoms with Crippen molar-refractivity contribution in [3.63, 3.8) is 0 Å². The number of rotatable bonds is 4. The maximum absolute atomic E-state index is 11.6. The van der Waals surface area contributed by atoms with Gasteiger partial charge in [-0.25, -0.2) is 0 Å². The highest BCUT2D eigenvalue weighted by Crippen LogP contribution is 2.31. The van der Waals surface area contributed by atoms with Crippen molar-refractivity contribution in [1.29, 1.82) is 0 Å². The van der Waals surface area contributed by atoms with Crippen LogP contribution in [0.25, 0.3) is 0 Å². The normalized spacial score (nSPS) is 27.2. The van der Waals surface area contributed by atoms with Gasteiger partial charge >= 0.3 is 5.97 Å². The lowest BCUT2D eigenvalue weighted by Gasteiger charge is -2.23. The van der Waals surface area contributed by atoms with E-state index in [1.54, 1.807) is 6.08 Å². The fourth-order valence-electron chi connectivity index (χ4n) is 1.74. The number of hydrogen-bond acceptors (Lipinski definition) is 3. The third-order valence-corrected chi connectivity index (χ3v) is 2.49. The van der Waals surface area contributed by atoms with Crippen LogP contribution >= 0.6 is 0 Å². The second kappa shape index (κ2) is 4.42. The van der Waals surface area contributed by atoms with Gasteiger partial charge in [0.1, 0.15) is 0 Å². The standard InChI is InChI=1S/C10H17NO2/c1-3-5-10(6-7-11-8-10)9(12)13-4-2/h3,11H,1,4-8H2,2H3. The fourth-order valence-corrected chi connectivity index (χ4v) is 1.74. The maximum atomic E-state index is 11.6. The number of nitrogens with one attached hydrogen (secondary N) is 1. The van der Waals surface area contributed by atoms with Crippen LogP contribution in [0.4, 0.5) is 0 Å². The predicted octanol–water partition coefficient (Wildman–Crippen LogP) is 1.11. The molecule has 0 aromatic rings. The summed E-state index contributed by atoms with van der Waals surface area (Å²) in [5.41, 5.74) is -0.336. The fraction of sp³-hybridized carbons (Fsp3) is 0.700. The summed E-state index contributed by atoms with van der Waals surface area (Å²) in [6.07, 6.45) is 3.36. The summed E-state index contributed by atoms with van der Waals surface area (Å²) >= 11 is 0. The minimum absolute atomic E-state index is 0.0834. The maximum Gasteiger partial charge on any atom is 0.313 e. The second-order valence-electron chi connectivity index (χ2n) is 3.42. The highest BCUT2D eigenvalue weighted by atomic mass is 16.5. The second-order valence-corrected chi connectivity index (χ2v) is 3.42. The molecule has 1 unspecified atom stereocenters. The van der Waals surface area contributed by atoms with Gasteiger partial charge < -0.3 is 10.1 Å². The van der Waals surface area contributed by atoms with Crippen molar-refractivity contribution < 1.29 is 9.53 Å². The van der Waals surface area contributed by atoms with Crippen molar-refractivity contribution in [2.75, 3.05) is 19.7 Å². The number of ether oxygens (including phenoxy) is 1. The van der Waals surface area contributed by atoms with Crippen LogP contribution in [-0.2, 0) is 9.53 Å². The monoisotopic (exact) mass is 183 g/mol. The van der Waals surface area contributed by atoms with Gasteiger partial charge in [-0.05, 0) is 26.3 Å². The lowest BCUT2D eigenvalue weighted by molar-refractivity contribution is -0.154. The van der Waals surface area contributed by atoms with E-state index in [9.17, 15) is 4.79 Å². The predicted molar refractivity (Wildman–Crippen MR) is 51.4 cm³/mol. The molecule has 0 spiro atoms. The van der Waals surface area contributed by atoms with Gasteiger partial charge in [-0.1, -0.05) is 6.08 Å². The van der Waals surface area contributed by atoms with Gasteiger partial charge in [-0.2, -0.15) is 0 Å². The van der Waals surface area contributed by atoms with E-state index in [1.807, 2.05) is 6.92 Å². The molecular weight excluding hydrogens is 166 g/mol. The number of allylic oxidation sites excluding steroid dienone is 1. The molecule has 0 aromatic carbocycles. The Bertz CT molecular complexity index is 195. The van der Waals surface area contributed by atoms with Crippen LogP contribution in [0.2, 0.25) is 0 Å². The van der Waals surface area contributed by atoms with Gasteiger partial charge in [0.15, 0.2) is 0 Å². The van der Waals surface area contributed by atoms with Crippen molar-refractivity contribution in [3.05, 3.63) is 12.7 Å². The van der Waals surface area contributed by atoms with E-state index in [-0.39, 0.29) is 11.4 Å². The third kappa shape index (κ3) is 2.10. The number of hydrogen-bond donors (Lipinski definition) is 1. The first-order valence-corrected chi connectivity index (χ1v) is 4.74. The van der Waals surface area contributed by atoms with Crippen molar-refractivity contribution in [2.45, 2.75) is 19.8 Å². The molecule has 0 saturated carbocycles. The molecule has 3 heteroatoms. The molecule has 1 aliphatic rings. The van der Waals surface area contributed by atoms with Crippen molar-refractivity contribution >= 4 is 5.97 Å². The molecule has 13 heavy (non-hydrogen) atoms. The van der Waals surface area contributed by atoms with E-state index in [0.29, 0.717) is 13.0 Å². The molecular formula is C10H17NO2. The lowest BCUT2D eigenvalue weighted by atomic mass is 9.84. The minimum Gasteiger partial charge on any atom is -0.466 e. The van der Waals surface area contributed by atoms with Crippen LogP contribution in [0.3, 0.4) is 0 Å². The molecule has 74 valence electrons. The summed E-state index contributed by atoms with van der Waals surface area (Å²) in [7, 11) is 0. The summed E-state index contributed by atoms with van der Waals surface area (Å²) in [4.78, 5) is 11.6. The zero-order valence-corrected chi connectivity index (χ0v) is 8.14. The molecule has 1 atom stereocenters. The summed E-state index contributed by atoms with van der Waals surface area (Å²) in [5.74, 6) is -0.0834. The molecule has 0 bridgehead atoms. The first-order valence-electron chi connectivity index (χ1n) is 4.74. The lowest BCUT2D eigenvalue weighted by Crippen LogP contribution is -2.34. The smallest absolute Gasteiger partial charge is 0.313 e. The Morgan fingerprint density at radius 1 is 1.77 bits per heavy atom. The van der Waals surface area contributed by atoms with E-state index >= 15 is 0 Å². The van der Waals surface area contributed by atoms with E-state index in [4.69, 9.17) is 4.74 Å². The van der Waals surface area contributed by atoms with Gasteiger partial charge in [0, 0.05) is 6.54 Å². The molecule has 3 nitrogen and oxygen atoms in total. The summed E-state index contributed by atoms with van der Waals surface area (Å²) in [5, 5.41) is 3.19. The van der Waals surface area contributed by atoms with Crippen LogP contribution in [0.1, 0.15) is 19.8 Å². The van der Waals surface area contributed by atoms with Crippen molar-refractivity contribution in [1.82, 2.24) is 5.32 Å². The molecule has 0 aromatic heterocycles. The largest absolute Gasteiger partial charge is 0.466 e. The topological polar surface area (TPSA) is 38.3 Å². The van der Waals surface area contributed by atoms with E-state index in [0.717, 1.165) is 19.5 Å².